The van der Waals surface area contributed by atoms with E-state index in [2.05, 4.69) is 64.4 Å². The summed E-state index contributed by atoms with van der Waals surface area (Å²) >= 11 is 0. The zero-order valence-electron chi connectivity index (χ0n) is 21.2. The first-order chi connectivity index (χ1) is 17.5. The van der Waals surface area contributed by atoms with E-state index in [0.29, 0.717) is 19.6 Å². The number of tetrazole rings is 1. The van der Waals surface area contributed by atoms with E-state index >= 15 is 0 Å². The van der Waals surface area contributed by atoms with Crippen LogP contribution in [-0.2, 0) is 17.8 Å². The molecule has 5 rings (SSSR count). The maximum Gasteiger partial charge on any atom is 0.252 e. The first-order valence-electron chi connectivity index (χ1n) is 12.8. The van der Waals surface area contributed by atoms with Gasteiger partial charge in [0.05, 0.1) is 18.7 Å². The Morgan fingerprint density at radius 2 is 2.00 bits per heavy atom. The molecule has 0 spiro atoms. The second-order valence-corrected chi connectivity index (χ2v) is 10.1. The van der Waals surface area contributed by atoms with E-state index in [1.165, 1.54) is 0 Å². The molecule has 0 amide bonds. The van der Waals surface area contributed by atoms with Crippen molar-refractivity contribution in [1.29, 1.82) is 0 Å². The van der Waals surface area contributed by atoms with Gasteiger partial charge in [0.2, 0.25) is 0 Å². The normalized spacial score (nSPS) is 16.9. The molecule has 36 heavy (non-hydrogen) atoms. The van der Waals surface area contributed by atoms with Crippen molar-refractivity contribution in [2.24, 2.45) is 5.92 Å². The van der Waals surface area contributed by atoms with Gasteiger partial charge in [-0.05, 0) is 65.3 Å². The number of rotatable bonds is 9. The van der Waals surface area contributed by atoms with Gasteiger partial charge < -0.3 is 9.72 Å². The molecule has 0 radical (unpaired) electrons. The van der Waals surface area contributed by atoms with Crippen LogP contribution in [0.1, 0.15) is 55.2 Å². The number of aromatic nitrogens is 5. The lowest BCUT2D eigenvalue weighted by Gasteiger charge is -2.35. The van der Waals surface area contributed by atoms with Gasteiger partial charge in [-0.25, -0.2) is 4.68 Å². The number of H-pyrrole nitrogens is 1. The van der Waals surface area contributed by atoms with Crippen LogP contribution in [0.3, 0.4) is 0 Å². The number of hydrogen-bond donors (Lipinski definition) is 1. The Balaban J connectivity index is 1.51. The molecule has 0 saturated carbocycles. The van der Waals surface area contributed by atoms with E-state index < -0.39 is 0 Å². The fourth-order valence-electron chi connectivity index (χ4n) is 5.21. The highest BCUT2D eigenvalue weighted by Gasteiger charge is 2.32. The summed E-state index contributed by atoms with van der Waals surface area (Å²) < 4.78 is 7.91. The Labute approximate surface area is 211 Å². The zero-order chi connectivity index (χ0) is 25.1. The lowest BCUT2D eigenvalue weighted by atomic mass is 9.99. The summed E-state index contributed by atoms with van der Waals surface area (Å²) in [5.41, 5.74) is 3.83. The van der Waals surface area contributed by atoms with Crippen LogP contribution >= 0.6 is 0 Å². The molecule has 0 aliphatic carbocycles. The number of nitrogens with zero attached hydrogens (tertiary/aromatic N) is 5. The van der Waals surface area contributed by atoms with Crippen molar-refractivity contribution in [2.75, 3.05) is 13.2 Å². The average Bonchev–Trinajstić information content (AvgIpc) is 3.53. The van der Waals surface area contributed by atoms with Gasteiger partial charge in [0.15, 0.2) is 5.82 Å². The minimum absolute atomic E-state index is 0.0601. The van der Waals surface area contributed by atoms with E-state index in [1.807, 2.05) is 41.1 Å². The topological polar surface area (TPSA) is 88.9 Å². The summed E-state index contributed by atoms with van der Waals surface area (Å²) in [6, 6.07) is 18.2. The maximum atomic E-state index is 13.1. The van der Waals surface area contributed by atoms with Crippen molar-refractivity contribution < 1.29 is 4.74 Å². The molecule has 0 bridgehead atoms. The minimum atomic E-state index is -0.0829. The second-order valence-electron chi connectivity index (χ2n) is 10.1. The third kappa shape index (κ3) is 5.39. The van der Waals surface area contributed by atoms with Gasteiger partial charge in [0.1, 0.15) is 0 Å². The van der Waals surface area contributed by atoms with E-state index in [0.717, 1.165) is 52.9 Å². The molecule has 2 aromatic carbocycles. The quantitative estimate of drug-likeness (QED) is 0.381. The Morgan fingerprint density at radius 3 is 2.75 bits per heavy atom. The van der Waals surface area contributed by atoms with Crippen molar-refractivity contribution in [3.8, 4) is 0 Å². The molecule has 1 N–H and O–H groups in total. The third-order valence-corrected chi connectivity index (χ3v) is 6.94. The first kappa shape index (κ1) is 24.3. The number of hydrogen-bond acceptors (Lipinski definition) is 6. The van der Waals surface area contributed by atoms with Crippen molar-refractivity contribution in [3.05, 3.63) is 87.5 Å². The molecule has 2 aromatic heterocycles. The maximum absolute atomic E-state index is 13.1. The molecule has 1 saturated heterocycles. The monoisotopic (exact) mass is 486 g/mol. The van der Waals surface area contributed by atoms with Crippen LogP contribution < -0.4 is 5.56 Å². The lowest BCUT2D eigenvalue weighted by molar-refractivity contribution is 0.0385. The van der Waals surface area contributed by atoms with Crippen LogP contribution in [0.2, 0.25) is 0 Å². The Bertz CT molecular complexity index is 1360. The molecule has 8 nitrogen and oxygen atoms in total. The number of benzene rings is 2. The fourth-order valence-corrected chi connectivity index (χ4v) is 5.21. The predicted octanol–water partition coefficient (Wildman–Crippen LogP) is 4.25. The fraction of sp³-hybridized carbons (Fsp3) is 0.429. The second kappa shape index (κ2) is 10.7. The number of aromatic amines is 1. The van der Waals surface area contributed by atoms with Gasteiger partial charge in [-0.3, -0.25) is 9.69 Å². The SMILES string of the molecule is Cc1ccc2[nH]c(=O)c(CN(C[C@@H]3CCCO3)[C@H](c3nnnn3Cc3ccccc3)C(C)C)cc2c1. The van der Waals surface area contributed by atoms with Crippen molar-refractivity contribution in [2.45, 2.75) is 58.8 Å². The van der Waals surface area contributed by atoms with Crippen LogP contribution in [0.15, 0.2) is 59.4 Å². The molecule has 2 atom stereocenters. The van der Waals surface area contributed by atoms with E-state index in [-0.39, 0.29) is 23.6 Å². The first-order valence-corrected chi connectivity index (χ1v) is 12.8. The van der Waals surface area contributed by atoms with Crippen LogP contribution in [0.5, 0.6) is 0 Å². The van der Waals surface area contributed by atoms with Gasteiger partial charge >= 0.3 is 0 Å². The van der Waals surface area contributed by atoms with Gasteiger partial charge in [0, 0.05) is 30.8 Å². The Hall–Kier alpha value is -3.36. The summed E-state index contributed by atoms with van der Waals surface area (Å²) in [4.78, 5) is 18.5. The molecular weight excluding hydrogens is 452 g/mol. The Morgan fingerprint density at radius 1 is 1.17 bits per heavy atom. The highest BCUT2D eigenvalue weighted by Crippen LogP contribution is 2.30. The molecule has 1 aliphatic heterocycles. The van der Waals surface area contributed by atoms with E-state index in [4.69, 9.17) is 4.74 Å². The van der Waals surface area contributed by atoms with Gasteiger partial charge in [-0.1, -0.05) is 55.8 Å². The molecule has 3 heterocycles. The molecule has 188 valence electrons. The summed E-state index contributed by atoms with van der Waals surface area (Å²) in [6.07, 6.45) is 2.21. The van der Waals surface area contributed by atoms with Crippen molar-refractivity contribution >= 4 is 10.9 Å². The molecule has 8 heteroatoms. The summed E-state index contributed by atoms with van der Waals surface area (Å²) in [7, 11) is 0. The highest BCUT2D eigenvalue weighted by atomic mass is 16.5. The third-order valence-electron chi connectivity index (χ3n) is 6.94. The van der Waals surface area contributed by atoms with E-state index in [1.54, 1.807) is 0 Å². The standard InChI is InChI=1S/C28H34N6O2/c1-19(2)26(27-30-31-32-34(27)16-21-8-5-4-6-9-21)33(18-24-10-7-13-36-24)17-23-15-22-14-20(3)11-12-25(22)29-28(23)35/h4-6,8-9,11-12,14-15,19,24,26H,7,10,13,16-18H2,1-3H3,(H,29,35)/t24-,26-/m0/s1. The van der Waals surface area contributed by atoms with Crippen LogP contribution in [0.4, 0.5) is 0 Å². The minimum Gasteiger partial charge on any atom is -0.377 e. The average molecular weight is 487 g/mol. The van der Waals surface area contributed by atoms with Crippen LogP contribution in [0, 0.1) is 12.8 Å². The van der Waals surface area contributed by atoms with E-state index in [9.17, 15) is 4.79 Å². The smallest absolute Gasteiger partial charge is 0.252 e. The number of fused-ring (bicyclic) bond motifs is 1. The largest absolute Gasteiger partial charge is 0.377 e. The molecule has 1 fully saturated rings. The van der Waals surface area contributed by atoms with Gasteiger partial charge in [-0.2, -0.15) is 0 Å². The lowest BCUT2D eigenvalue weighted by Crippen LogP contribution is -2.40. The number of nitrogens with one attached hydrogen (secondary N) is 1. The highest BCUT2D eigenvalue weighted by molar-refractivity contribution is 5.79. The summed E-state index contributed by atoms with van der Waals surface area (Å²) in [6.45, 7) is 9.01. The van der Waals surface area contributed by atoms with Crippen LogP contribution in [0.25, 0.3) is 10.9 Å². The predicted molar refractivity (Wildman–Crippen MR) is 140 cm³/mol. The summed E-state index contributed by atoms with van der Waals surface area (Å²) in [5.74, 6) is 1.02. The number of pyridine rings is 1. The molecule has 0 unspecified atom stereocenters. The zero-order valence-corrected chi connectivity index (χ0v) is 21.2. The number of aryl methyl sites for hydroxylation is 1. The molecular formula is C28H34N6O2. The number of ether oxygens (including phenoxy) is 1. The van der Waals surface area contributed by atoms with Crippen LogP contribution in [-0.4, -0.2) is 49.3 Å². The Kier molecular flexibility index (Phi) is 7.25. The van der Waals surface area contributed by atoms with Crippen molar-refractivity contribution in [3.63, 3.8) is 0 Å². The molecule has 1 aliphatic rings. The van der Waals surface area contributed by atoms with Gasteiger partial charge in [-0.15, -0.1) is 5.10 Å². The van der Waals surface area contributed by atoms with Gasteiger partial charge in [0.25, 0.3) is 5.56 Å². The van der Waals surface area contributed by atoms with Crippen molar-refractivity contribution in [1.82, 2.24) is 30.1 Å². The molecule has 4 aromatic rings. The summed E-state index contributed by atoms with van der Waals surface area (Å²) in [5, 5.41) is 13.9.